The number of nitrogens with one attached hydrogen (secondary N) is 1. The predicted molar refractivity (Wildman–Crippen MR) is 94.1 cm³/mol. The summed E-state index contributed by atoms with van der Waals surface area (Å²) in [5.41, 5.74) is 0.872. The number of rotatable bonds is 3. The molecule has 1 aromatic rings. The zero-order valence-electron chi connectivity index (χ0n) is 12.3. The number of amides is 1. The highest BCUT2D eigenvalue weighted by Crippen LogP contribution is 2.32. The Morgan fingerprint density at radius 2 is 2.18 bits per heavy atom. The smallest absolute Gasteiger partial charge is 0.264 e. The summed E-state index contributed by atoms with van der Waals surface area (Å²) >= 11 is 4.85. The third-order valence-corrected chi connectivity index (χ3v) is 5.17. The molecular formula is C16H17BrN2O2S. The van der Waals surface area contributed by atoms with Gasteiger partial charge < -0.3 is 10.1 Å². The van der Waals surface area contributed by atoms with E-state index in [-0.39, 0.29) is 5.91 Å². The van der Waals surface area contributed by atoms with Crippen LogP contribution < -0.4 is 10.1 Å². The Bertz CT molecular complexity index is 652. The molecule has 0 aromatic heterocycles. The second-order valence-electron chi connectivity index (χ2n) is 5.32. The Morgan fingerprint density at radius 3 is 2.91 bits per heavy atom. The Balaban J connectivity index is 1.83. The van der Waals surface area contributed by atoms with Crippen LogP contribution in [0.4, 0.5) is 0 Å². The molecule has 2 aliphatic rings. The molecule has 3 rings (SSSR count). The summed E-state index contributed by atoms with van der Waals surface area (Å²) in [6, 6.07) is 6.09. The van der Waals surface area contributed by atoms with Crippen molar-refractivity contribution in [2.75, 3.05) is 7.11 Å². The maximum atomic E-state index is 12.1. The van der Waals surface area contributed by atoms with Crippen molar-refractivity contribution < 1.29 is 9.53 Å². The minimum Gasteiger partial charge on any atom is -0.496 e. The topological polar surface area (TPSA) is 50.7 Å². The van der Waals surface area contributed by atoms with Crippen LogP contribution in [0.1, 0.15) is 31.2 Å². The van der Waals surface area contributed by atoms with E-state index in [2.05, 4.69) is 26.2 Å². The Morgan fingerprint density at radius 1 is 1.41 bits per heavy atom. The van der Waals surface area contributed by atoms with Gasteiger partial charge in [-0.2, -0.15) is 0 Å². The minimum atomic E-state index is -0.0937. The van der Waals surface area contributed by atoms with Gasteiger partial charge in [-0.05, 0) is 48.9 Å². The highest BCUT2D eigenvalue weighted by molar-refractivity contribution is 9.10. The summed E-state index contributed by atoms with van der Waals surface area (Å²) in [7, 11) is 1.63. The highest BCUT2D eigenvalue weighted by Gasteiger charge is 2.26. The minimum absolute atomic E-state index is 0.0937. The summed E-state index contributed by atoms with van der Waals surface area (Å²) in [6.45, 7) is 0. The van der Waals surface area contributed by atoms with Crippen LogP contribution >= 0.6 is 27.7 Å². The van der Waals surface area contributed by atoms with Gasteiger partial charge in [0.1, 0.15) is 5.75 Å². The maximum absolute atomic E-state index is 12.1. The van der Waals surface area contributed by atoms with Gasteiger partial charge in [0.25, 0.3) is 5.91 Å². The van der Waals surface area contributed by atoms with Crippen molar-refractivity contribution in [3.05, 3.63) is 33.1 Å². The lowest BCUT2D eigenvalue weighted by Crippen LogP contribution is -2.21. The van der Waals surface area contributed by atoms with Crippen LogP contribution in [0.3, 0.4) is 0 Å². The standard InChI is InChI=1S/C16H17BrN2O2S/c1-21-13-7-6-11(17)8-10(13)9-14-15(20)19-16(22-14)18-12-4-2-3-5-12/h6-9,12H,2-5H2,1H3,(H,18,19,20)/b14-9-. The molecule has 0 spiro atoms. The lowest BCUT2D eigenvalue weighted by atomic mass is 10.2. The summed E-state index contributed by atoms with van der Waals surface area (Å²) in [5, 5.41) is 3.58. The zero-order valence-corrected chi connectivity index (χ0v) is 14.7. The number of aliphatic imine (C=N–C) groups is 1. The van der Waals surface area contributed by atoms with Crippen molar-refractivity contribution in [2.24, 2.45) is 4.99 Å². The number of hydrogen-bond donors (Lipinski definition) is 1. The normalized spacial score (nSPS) is 22.5. The molecule has 1 N–H and O–H groups in total. The van der Waals surface area contributed by atoms with Gasteiger partial charge in [0.2, 0.25) is 0 Å². The molecule has 1 saturated heterocycles. The van der Waals surface area contributed by atoms with Crippen LogP contribution in [-0.4, -0.2) is 24.2 Å². The molecule has 1 aromatic carbocycles. The molecule has 2 fully saturated rings. The lowest BCUT2D eigenvalue weighted by molar-refractivity contribution is -0.115. The first kappa shape index (κ1) is 15.6. The molecule has 0 bridgehead atoms. The number of carbonyl (C=O) groups excluding carboxylic acids is 1. The number of carbonyl (C=O) groups is 1. The number of nitrogens with zero attached hydrogens (tertiary/aromatic N) is 1. The van der Waals surface area contributed by atoms with E-state index in [1.807, 2.05) is 24.3 Å². The molecule has 1 saturated carbocycles. The van der Waals surface area contributed by atoms with Crippen molar-refractivity contribution >= 4 is 44.8 Å². The van der Waals surface area contributed by atoms with Gasteiger partial charge in [0.15, 0.2) is 5.17 Å². The molecule has 1 amide bonds. The van der Waals surface area contributed by atoms with E-state index in [0.29, 0.717) is 10.9 Å². The highest BCUT2D eigenvalue weighted by atomic mass is 79.9. The molecule has 116 valence electrons. The fraction of sp³-hybridized carbons (Fsp3) is 0.375. The van der Waals surface area contributed by atoms with Crippen LogP contribution in [0.15, 0.2) is 32.6 Å². The van der Waals surface area contributed by atoms with Crippen LogP contribution in [0.2, 0.25) is 0 Å². The average Bonchev–Trinajstić information content (AvgIpc) is 3.10. The molecule has 0 atom stereocenters. The van der Waals surface area contributed by atoms with Gasteiger partial charge in [0.05, 0.1) is 18.1 Å². The van der Waals surface area contributed by atoms with E-state index in [0.717, 1.165) is 33.8 Å². The number of methoxy groups -OCH3 is 1. The van der Waals surface area contributed by atoms with E-state index in [9.17, 15) is 4.79 Å². The number of ether oxygens (including phenoxy) is 1. The summed E-state index contributed by atoms with van der Waals surface area (Å²) in [5.74, 6) is 0.647. The van der Waals surface area contributed by atoms with Crippen LogP contribution in [0.25, 0.3) is 6.08 Å². The van der Waals surface area contributed by atoms with Gasteiger partial charge in [-0.25, -0.2) is 0 Å². The van der Waals surface area contributed by atoms with Crippen molar-refractivity contribution in [3.63, 3.8) is 0 Å². The molecule has 6 heteroatoms. The molecular weight excluding hydrogens is 364 g/mol. The third-order valence-electron chi connectivity index (χ3n) is 3.75. The fourth-order valence-corrected chi connectivity index (χ4v) is 3.91. The molecule has 4 nitrogen and oxygen atoms in total. The van der Waals surface area contributed by atoms with E-state index in [1.54, 1.807) is 7.11 Å². The Kier molecular flexibility index (Phi) is 4.88. The molecule has 1 aliphatic heterocycles. The molecule has 0 unspecified atom stereocenters. The van der Waals surface area contributed by atoms with Gasteiger partial charge in [-0.15, -0.1) is 0 Å². The fourth-order valence-electron chi connectivity index (χ4n) is 2.65. The van der Waals surface area contributed by atoms with E-state index >= 15 is 0 Å². The third kappa shape index (κ3) is 3.55. The van der Waals surface area contributed by atoms with Crippen LogP contribution in [-0.2, 0) is 4.79 Å². The number of halogens is 1. The largest absolute Gasteiger partial charge is 0.496 e. The van der Waals surface area contributed by atoms with Crippen molar-refractivity contribution in [1.29, 1.82) is 0 Å². The maximum Gasteiger partial charge on any atom is 0.264 e. The number of benzene rings is 1. The summed E-state index contributed by atoms with van der Waals surface area (Å²) in [4.78, 5) is 17.4. The number of amidine groups is 1. The van der Waals surface area contributed by atoms with Crippen molar-refractivity contribution in [1.82, 2.24) is 5.32 Å². The van der Waals surface area contributed by atoms with Gasteiger partial charge in [-0.3, -0.25) is 9.79 Å². The average molecular weight is 381 g/mol. The van der Waals surface area contributed by atoms with Gasteiger partial charge in [0, 0.05) is 10.0 Å². The predicted octanol–water partition coefficient (Wildman–Crippen LogP) is 3.96. The van der Waals surface area contributed by atoms with E-state index in [1.165, 1.54) is 24.6 Å². The monoisotopic (exact) mass is 380 g/mol. The quantitative estimate of drug-likeness (QED) is 0.807. The summed E-state index contributed by atoms with van der Waals surface area (Å²) < 4.78 is 6.29. The lowest BCUT2D eigenvalue weighted by Gasteiger charge is -2.05. The zero-order chi connectivity index (χ0) is 15.5. The molecule has 1 aliphatic carbocycles. The number of hydrogen-bond acceptors (Lipinski definition) is 4. The van der Waals surface area contributed by atoms with E-state index < -0.39 is 0 Å². The second-order valence-corrected chi connectivity index (χ2v) is 7.27. The first-order chi connectivity index (χ1) is 10.7. The number of thioether (sulfide) groups is 1. The van der Waals surface area contributed by atoms with Gasteiger partial charge in [-0.1, -0.05) is 28.8 Å². The van der Waals surface area contributed by atoms with E-state index in [4.69, 9.17) is 4.74 Å². The molecule has 22 heavy (non-hydrogen) atoms. The summed E-state index contributed by atoms with van der Waals surface area (Å²) in [6.07, 6.45) is 6.56. The first-order valence-corrected chi connectivity index (χ1v) is 8.89. The Hall–Kier alpha value is -1.27. The Labute approximate surface area is 142 Å². The molecule has 1 heterocycles. The van der Waals surface area contributed by atoms with Crippen molar-refractivity contribution in [2.45, 2.75) is 31.7 Å². The van der Waals surface area contributed by atoms with Crippen molar-refractivity contribution in [3.8, 4) is 5.75 Å². The second kappa shape index (κ2) is 6.87. The SMILES string of the molecule is COc1ccc(Br)cc1/C=C1\SC(=NC2CCCC2)NC1=O. The first-order valence-electron chi connectivity index (χ1n) is 7.28. The van der Waals surface area contributed by atoms with Crippen LogP contribution in [0.5, 0.6) is 5.75 Å². The van der Waals surface area contributed by atoms with Gasteiger partial charge >= 0.3 is 0 Å². The molecule has 0 radical (unpaired) electrons. The van der Waals surface area contributed by atoms with Crippen LogP contribution in [0, 0.1) is 0 Å².